The second-order valence-corrected chi connectivity index (χ2v) is 4.30. The Morgan fingerprint density at radius 2 is 1.76 bits per heavy atom. The molecule has 0 saturated carbocycles. The third-order valence-corrected chi connectivity index (χ3v) is 2.66. The zero-order valence-corrected chi connectivity index (χ0v) is 12.4. The number of hydrogen-bond donors (Lipinski definition) is 1. The van der Waals surface area contributed by atoms with Gasteiger partial charge in [0.15, 0.2) is 5.65 Å². The SMILES string of the molecule is COCCOCCOCCOc1nc(Cl)nc2nc[nH]c12. The van der Waals surface area contributed by atoms with Crippen LogP contribution in [0.15, 0.2) is 6.33 Å². The number of fused-ring (bicyclic) bond motifs is 1. The Hall–Kier alpha value is -1.48. The van der Waals surface area contributed by atoms with E-state index in [0.717, 1.165) is 0 Å². The van der Waals surface area contributed by atoms with Crippen LogP contribution in [0.25, 0.3) is 11.2 Å². The largest absolute Gasteiger partial charge is 0.474 e. The Morgan fingerprint density at radius 3 is 2.52 bits per heavy atom. The van der Waals surface area contributed by atoms with E-state index < -0.39 is 0 Å². The van der Waals surface area contributed by atoms with Crippen molar-refractivity contribution in [2.75, 3.05) is 46.8 Å². The molecule has 1 N–H and O–H groups in total. The number of rotatable bonds is 10. The summed E-state index contributed by atoms with van der Waals surface area (Å²) in [6, 6.07) is 0. The van der Waals surface area contributed by atoms with Crippen LogP contribution in [0.1, 0.15) is 0 Å². The first-order chi connectivity index (χ1) is 10.3. The van der Waals surface area contributed by atoms with Crippen molar-refractivity contribution < 1.29 is 18.9 Å². The zero-order valence-electron chi connectivity index (χ0n) is 11.7. The van der Waals surface area contributed by atoms with Gasteiger partial charge in [-0.3, -0.25) is 0 Å². The highest BCUT2D eigenvalue weighted by Gasteiger charge is 2.09. The van der Waals surface area contributed by atoms with Gasteiger partial charge in [-0.05, 0) is 11.6 Å². The van der Waals surface area contributed by atoms with Gasteiger partial charge in [-0.2, -0.15) is 9.97 Å². The number of halogens is 1. The first-order valence-electron chi connectivity index (χ1n) is 6.45. The fraction of sp³-hybridized carbons (Fsp3) is 0.583. The molecule has 0 fully saturated rings. The molecule has 21 heavy (non-hydrogen) atoms. The van der Waals surface area contributed by atoms with Crippen LogP contribution < -0.4 is 4.74 Å². The third kappa shape index (κ3) is 5.09. The summed E-state index contributed by atoms with van der Waals surface area (Å²) in [6.07, 6.45) is 1.51. The van der Waals surface area contributed by atoms with Gasteiger partial charge >= 0.3 is 0 Å². The average Bonchev–Trinajstić information content (AvgIpc) is 2.93. The standard InChI is InChI=1S/C12H17ClN4O4/c1-18-2-3-19-4-5-20-6-7-21-11-9-10(15-8-14-9)16-12(13)17-11/h8H,2-7H2,1H3,(H,14,15,16,17). The maximum absolute atomic E-state index is 5.79. The molecule has 0 saturated heterocycles. The van der Waals surface area contributed by atoms with Gasteiger partial charge in [-0.1, -0.05) is 0 Å². The average molecular weight is 317 g/mol. The molecule has 0 aromatic carbocycles. The minimum absolute atomic E-state index is 0.0945. The van der Waals surface area contributed by atoms with Crippen molar-refractivity contribution in [1.82, 2.24) is 19.9 Å². The van der Waals surface area contributed by atoms with Crippen LogP contribution in [-0.4, -0.2) is 66.7 Å². The van der Waals surface area contributed by atoms with Crippen LogP contribution >= 0.6 is 11.6 Å². The van der Waals surface area contributed by atoms with E-state index in [1.807, 2.05) is 0 Å². The highest BCUT2D eigenvalue weighted by molar-refractivity contribution is 6.28. The van der Waals surface area contributed by atoms with E-state index in [4.69, 9.17) is 30.5 Å². The molecule has 9 heteroatoms. The number of aromatic nitrogens is 4. The summed E-state index contributed by atoms with van der Waals surface area (Å²) in [5.41, 5.74) is 1.08. The molecule has 2 heterocycles. The molecule has 0 unspecified atom stereocenters. The molecule has 0 radical (unpaired) electrons. The van der Waals surface area contributed by atoms with Gasteiger partial charge in [0.25, 0.3) is 0 Å². The van der Waals surface area contributed by atoms with Crippen LogP contribution in [0.4, 0.5) is 0 Å². The highest BCUT2D eigenvalue weighted by Crippen LogP contribution is 2.20. The van der Waals surface area contributed by atoms with E-state index in [9.17, 15) is 0 Å². The number of methoxy groups -OCH3 is 1. The number of hydrogen-bond acceptors (Lipinski definition) is 7. The maximum atomic E-state index is 5.79. The molecule has 0 aliphatic rings. The van der Waals surface area contributed by atoms with Gasteiger partial charge in [0.05, 0.1) is 39.4 Å². The minimum Gasteiger partial charge on any atom is -0.474 e. The second kappa shape index (κ2) is 8.73. The topological polar surface area (TPSA) is 91.4 Å². The van der Waals surface area contributed by atoms with E-state index in [-0.39, 0.29) is 5.28 Å². The lowest BCUT2D eigenvalue weighted by atomic mass is 10.5. The Labute approximate surface area is 126 Å². The van der Waals surface area contributed by atoms with Crippen LogP contribution in [0, 0.1) is 0 Å². The number of nitrogens with one attached hydrogen (secondary N) is 1. The van der Waals surface area contributed by atoms with Gasteiger partial charge in [0, 0.05) is 7.11 Å². The Balaban J connectivity index is 1.65. The molecule has 2 aromatic rings. The predicted octanol–water partition coefficient (Wildman–Crippen LogP) is 1.06. The van der Waals surface area contributed by atoms with E-state index in [1.165, 1.54) is 6.33 Å². The van der Waals surface area contributed by atoms with E-state index in [1.54, 1.807) is 7.11 Å². The lowest BCUT2D eigenvalue weighted by Gasteiger charge is -2.07. The molecule has 2 aromatic heterocycles. The summed E-state index contributed by atoms with van der Waals surface area (Å²) < 4.78 is 21.0. The second-order valence-electron chi connectivity index (χ2n) is 3.96. The van der Waals surface area contributed by atoms with Crippen molar-refractivity contribution in [2.45, 2.75) is 0 Å². The number of nitrogens with zero attached hydrogens (tertiary/aromatic N) is 3. The van der Waals surface area contributed by atoms with Gasteiger partial charge < -0.3 is 23.9 Å². The molecule has 0 aliphatic heterocycles. The van der Waals surface area contributed by atoms with Crippen molar-refractivity contribution in [3.8, 4) is 5.88 Å². The molecule has 0 aliphatic carbocycles. The molecule has 8 nitrogen and oxygen atoms in total. The lowest BCUT2D eigenvalue weighted by molar-refractivity contribution is 0.0177. The van der Waals surface area contributed by atoms with E-state index >= 15 is 0 Å². The molecule has 116 valence electrons. The molecular formula is C12H17ClN4O4. The highest BCUT2D eigenvalue weighted by atomic mass is 35.5. The van der Waals surface area contributed by atoms with Crippen LogP contribution in [0.2, 0.25) is 5.28 Å². The predicted molar refractivity (Wildman–Crippen MR) is 75.7 cm³/mol. The number of ether oxygens (including phenoxy) is 4. The smallest absolute Gasteiger partial charge is 0.244 e. The summed E-state index contributed by atoms with van der Waals surface area (Å²) in [7, 11) is 1.63. The molecule has 2 rings (SSSR count). The van der Waals surface area contributed by atoms with Gasteiger partial charge in [0.1, 0.15) is 12.1 Å². The number of aromatic amines is 1. The third-order valence-electron chi connectivity index (χ3n) is 2.50. The monoisotopic (exact) mass is 316 g/mol. The summed E-state index contributed by atoms with van der Waals surface area (Å²) in [4.78, 5) is 14.9. The van der Waals surface area contributed by atoms with E-state index in [2.05, 4.69) is 19.9 Å². The van der Waals surface area contributed by atoms with Gasteiger partial charge in [-0.25, -0.2) is 4.98 Å². The zero-order chi connectivity index (χ0) is 14.9. The summed E-state index contributed by atoms with van der Waals surface area (Å²) in [6.45, 7) is 2.93. The number of H-pyrrole nitrogens is 1. The fourth-order valence-electron chi connectivity index (χ4n) is 1.55. The molecule has 0 spiro atoms. The van der Waals surface area contributed by atoms with Crippen LogP contribution in [-0.2, 0) is 14.2 Å². The van der Waals surface area contributed by atoms with Crippen molar-refractivity contribution in [3.05, 3.63) is 11.6 Å². The van der Waals surface area contributed by atoms with Gasteiger partial charge in [0.2, 0.25) is 11.2 Å². The fourth-order valence-corrected chi connectivity index (χ4v) is 1.70. The molecule has 0 amide bonds. The summed E-state index contributed by atoms with van der Waals surface area (Å²) in [5, 5.41) is 0.0945. The van der Waals surface area contributed by atoms with Crippen LogP contribution in [0.3, 0.4) is 0 Å². The lowest BCUT2D eigenvalue weighted by Crippen LogP contribution is -2.13. The summed E-state index contributed by atoms with van der Waals surface area (Å²) >= 11 is 5.79. The molecule has 0 atom stereocenters. The normalized spacial score (nSPS) is 11.1. The minimum atomic E-state index is 0.0945. The quantitative estimate of drug-likeness (QED) is 0.517. The first-order valence-corrected chi connectivity index (χ1v) is 6.83. The van der Waals surface area contributed by atoms with Crippen molar-refractivity contribution in [3.63, 3.8) is 0 Å². The number of imidazole rings is 1. The van der Waals surface area contributed by atoms with Crippen molar-refractivity contribution >= 4 is 22.8 Å². The molecule has 0 bridgehead atoms. The van der Waals surface area contributed by atoms with E-state index in [0.29, 0.717) is 56.7 Å². The first kappa shape index (κ1) is 15.9. The summed E-state index contributed by atoms with van der Waals surface area (Å²) in [5.74, 6) is 0.363. The Bertz CT molecular complexity index is 551. The maximum Gasteiger partial charge on any atom is 0.244 e. The Kier molecular flexibility index (Phi) is 6.61. The van der Waals surface area contributed by atoms with Gasteiger partial charge in [-0.15, -0.1) is 0 Å². The van der Waals surface area contributed by atoms with Crippen LogP contribution in [0.5, 0.6) is 5.88 Å². The van der Waals surface area contributed by atoms with Crippen molar-refractivity contribution in [1.29, 1.82) is 0 Å². The molecular weight excluding hydrogens is 300 g/mol. The Morgan fingerprint density at radius 1 is 1.05 bits per heavy atom. The van der Waals surface area contributed by atoms with Crippen molar-refractivity contribution in [2.24, 2.45) is 0 Å².